The lowest BCUT2D eigenvalue weighted by molar-refractivity contribution is 0.207. The van der Waals surface area contributed by atoms with Crippen LogP contribution in [0.3, 0.4) is 0 Å². The van der Waals surface area contributed by atoms with E-state index in [0.29, 0.717) is 22.3 Å². The zero-order chi connectivity index (χ0) is 24.2. The lowest BCUT2D eigenvalue weighted by Crippen LogP contribution is -2.46. The van der Waals surface area contributed by atoms with Crippen LogP contribution in [0.2, 0.25) is 5.02 Å². The third-order valence-electron chi connectivity index (χ3n) is 7.16. The van der Waals surface area contributed by atoms with Crippen molar-refractivity contribution in [3.05, 3.63) is 75.8 Å². The van der Waals surface area contributed by atoms with E-state index in [2.05, 4.69) is 43.0 Å². The SMILES string of the molecule is Cc1[nH]nc2c1C(c1cc(Cl)cc(-c3ccc(-c4nn[nH]n4)cc3)c1)(C1CCC1)C(C#N)=C(N)O2. The summed E-state index contributed by atoms with van der Waals surface area (Å²) >= 11 is 6.71. The summed E-state index contributed by atoms with van der Waals surface area (Å²) in [7, 11) is 0. The van der Waals surface area contributed by atoms with Crippen LogP contribution in [0, 0.1) is 24.2 Å². The van der Waals surface area contributed by atoms with Gasteiger partial charge in [0.2, 0.25) is 17.6 Å². The minimum Gasteiger partial charge on any atom is -0.420 e. The molecule has 1 aliphatic heterocycles. The summed E-state index contributed by atoms with van der Waals surface area (Å²) in [6.45, 7) is 1.95. The second-order valence-electron chi connectivity index (χ2n) is 8.96. The summed E-state index contributed by atoms with van der Waals surface area (Å²) in [5.74, 6) is 1.19. The fourth-order valence-electron chi connectivity index (χ4n) is 5.42. The Balaban J connectivity index is 1.56. The molecule has 4 N–H and O–H groups in total. The van der Waals surface area contributed by atoms with Gasteiger partial charge in [0.25, 0.3) is 0 Å². The van der Waals surface area contributed by atoms with E-state index >= 15 is 0 Å². The number of aromatic nitrogens is 6. The first kappa shape index (κ1) is 21.4. The van der Waals surface area contributed by atoms with Gasteiger partial charge in [-0.1, -0.05) is 42.3 Å². The summed E-state index contributed by atoms with van der Waals surface area (Å²) in [5, 5.41) is 32.4. The Bertz CT molecular complexity index is 1500. The van der Waals surface area contributed by atoms with E-state index < -0.39 is 5.41 Å². The van der Waals surface area contributed by atoms with E-state index in [1.54, 1.807) is 0 Å². The van der Waals surface area contributed by atoms with Gasteiger partial charge in [-0.2, -0.15) is 10.5 Å². The molecule has 0 amide bonds. The van der Waals surface area contributed by atoms with Crippen molar-refractivity contribution in [1.29, 1.82) is 5.26 Å². The molecule has 1 saturated carbocycles. The van der Waals surface area contributed by atoms with E-state index in [9.17, 15) is 5.26 Å². The first-order valence-corrected chi connectivity index (χ1v) is 11.7. The number of fused-ring (bicyclic) bond motifs is 1. The summed E-state index contributed by atoms with van der Waals surface area (Å²) < 4.78 is 5.79. The fraction of sp³-hybridized carbons (Fsp3) is 0.240. The summed E-state index contributed by atoms with van der Waals surface area (Å²) in [4.78, 5) is 0. The molecule has 2 aromatic heterocycles. The van der Waals surface area contributed by atoms with Crippen molar-refractivity contribution in [2.24, 2.45) is 11.7 Å². The van der Waals surface area contributed by atoms with Gasteiger partial charge < -0.3 is 10.5 Å². The number of aryl methyl sites for hydroxylation is 1. The van der Waals surface area contributed by atoms with Crippen LogP contribution in [0.1, 0.15) is 36.1 Å². The lowest BCUT2D eigenvalue weighted by Gasteiger charge is -2.47. The first-order chi connectivity index (χ1) is 17.0. The molecule has 1 fully saturated rings. The van der Waals surface area contributed by atoms with Crippen molar-refractivity contribution in [2.75, 3.05) is 0 Å². The van der Waals surface area contributed by atoms with Crippen LogP contribution >= 0.6 is 11.6 Å². The number of nitrogens with zero attached hydrogens (tertiary/aromatic N) is 5. The molecular formula is C25H21ClN8O. The van der Waals surface area contributed by atoms with Crippen molar-refractivity contribution in [3.63, 3.8) is 0 Å². The minimum atomic E-state index is -0.800. The van der Waals surface area contributed by atoms with E-state index in [0.717, 1.165) is 52.8 Å². The van der Waals surface area contributed by atoms with Crippen LogP contribution in [0.4, 0.5) is 0 Å². The predicted molar refractivity (Wildman–Crippen MR) is 129 cm³/mol. The van der Waals surface area contributed by atoms with Crippen molar-refractivity contribution in [2.45, 2.75) is 31.6 Å². The Morgan fingerprint density at radius 3 is 2.54 bits per heavy atom. The van der Waals surface area contributed by atoms with Crippen LogP contribution in [-0.2, 0) is 5.41 Å². The van der Waals surface area contributed by atoms with Gasteiger partial charge in [-0.05, 0) is 65.8 Å². The first-order valence-electron chi connectivity index (χ1n) is 11.3. The fourth-order valence-corrected chi connectivity index (χ4v) is 5.65. The van der Waals surface area contributed by atoms with Gasteiger partial charge in [-0.15, -0.1) is 15.3 Å². The third-order valence-corrected chi connectivity index (χ3v) is 7.38. The van der Waals surface area contributed by atoms with Crippen molar-refractivity contribution in [1.82, 2.24) is 30.8 Å². The minimum absolute atomic E-state index is 0.0874. The lowest BCUT2D eigenvalue weighted by atomic mass is 9.55. The maximum absolute atomic E-state index is 10.3. The number of ether oxygens (including phenoxy) is 1. The summed E-state index contributed by atoms with van der Waals surface area (Å²) in [6, 6.07) is 16.2. The molecule has 1 atom stereocenters. The predicted octanol–water partition coefficient (Wildman–Crippen LogP) is 4.39. The van der Waals surface area contributed by atoms with Crippen LogP contribution in [0.5, 0.6) is 5.88 Å². The number of nitrogens with two attached hydrogens (primary N) is 1. The van der Waals surface area contributed by atoms with Crippen LogP contribution in [0.15, 0.2) is 53.9 Å². The molecule has 1 unspecified atom stereocenters. The summed E-state index contributed by atoms with van der Waals surface area (Å²) in [5.41, 5.74) is 11.3. The van der Waals surface area contributed by atoms with E-state index in [-0.39, 0.29) is 11.8 Å². The van der Waals surface area contributed by atoms with Gasteiger partial charge >= 0.3 is 0 Å². The number of benzene rings is 2. The Kier molecular flexibility index (Phi) is 4.86. The average Bonchev–Trinajstić information content (AvgIpc) is 3.48. The maximum Gasteiger partial charge on any atom is 0.244 e. The Labute approximate surface area is 206 Å². The van der Waals surface area contributed by atoms with Gasteiger partial charge in [0.1, 0.15) is 11.6 Å². The van der Waals surface area contributed by atoms with Crippen molar-refractivity contribution < 1.29 is 4.74 Å². The molecule has 6 rings (SSSR count). The quantitative estimate of drug-likeness (QED) is 0.389. The second-order valence-corrected chi connectivity index (χ2v) is 9.40. The van der Waals surface area contributed by atoms with Crippen molar-refractivity contribution in [3.8, 4) is 34.5 Å². The highest BCUT2D eigenvalue weighted by Gasteiger charge is 2.54. The second kappa shape index (κ2) is 7.96. The monoisotopic (exact) mass is 484 g/mol. The van der Waals surface area contributed by atoms with Crippen molar-refractivity contribution >= 4 is 11.6 Å². The molecule has 9 nitrogen and oxygen atoms in total. The van der Waals surface area contributed by atoms with Crippen LogP contribution < -0.4 is 10.5 Å². The topological polar surface area (TPSA) is 142 Å². The molecule has 174 valence electrons. The van der Waals surface area contributed by atoms with Gasteiger partial charge in [-0.25, -0.2) is 0 Å². The average molecular weight is 485 g/mol. The summed E-state index contributed by atoms with van der Waals surface area (Å²) in [6.07, 6.45) is 3.01. The van der Waals surface area contributed by atoms with E-state index in [1.807, 2.05) is 43.3 Å². The van der Waals surface area contributed by atoms with Gasteiger partial charge in [0.15, 0.2) is 0 Å². The number of rotatable bonds is 4. The standard InChI is InChI=1S/C25H21ClN8O/c1-13-21-24(32-29-13)35-22(28)20(12-27)25(21,17-3-2-4-17)18-9-16(10-19(26)11-18)14-5-7-15(8-6-14)23-30-33-34-31-23/h5-11,17H,2-4,28H2,1H3,(H,29,32)(H,30,31,33,34). The molecule has 0 bridgehead atoms. The number of H-pyrrole nitrogens is 2. The molecule has 4 aromatic rings. The Hall–Kier alpha value is -4.16. The number of halogens is 1. The molecule has 0 spiro atoms. The van der Waals surface area contributed by atoms with Gasteiger partial charge in [0.05, 0.1) is 11.0 Å². The molecule has 10 heteroatoms. The number of hydrogen-bond donors (Lipinski definition) is 3. The Morgan fingerprint density at radius 1 is 1.11 bits per heavy atom. The number of nitrogens with one attached hydrogen (secondary N) is 2. The largest absolute Gasteiger partial charge is 0.420 e. The number of tetrazole rings is 1. The highest BCUT2D eigenvalue weighted by Crippen LogP contribution is 2.58. The van der Waals surface area contributed by atoms with E-state index in [4.69, 9.17) is 22.1 Å². The molecule has 0 saturated heterocycles. The highest BCUT2D eigenvalue weighted by molar-refractivity contribution is 6.31. The normalized spacial score (nSPS) is 19.6. The number of hydrogen-bond acceptors (Lipinski definition) is 7. The smallest absolute Gasteiger partial charge is 0.244 e. The zero-order valence-electron chi connectivity index (χ0n) is 18.8. The molecular weight excluding hydrogens is 464 g/mol. The van der Waals surface area contributed by atoms with Crippen LogP contribution in [-0.4, -0.2) is 30.8 Å². The highest BCUT2D eigenvalue weighted by atomic mass is 35.5. The maximum atomic E-state index is 10.3. The molecule has 2 aliphatic rings. The Morgan fingerprint density at radius 2 is 1.89 bits per heavy atom. The number of nitriles is 1. The number of allylic oxidation sites excluding steroid dienone is 1. The number of aromatic amines is 2. The third kappa shape index (κ3) is 3.14. The molecule has 2 aromatic carbocycles. The van der Waals surface area contributed by atoms with E-state index in [1.165, 1.54) is 0 Å². The molecule has 35 heavy (non-hydrogen) atoms. The molecule has 0 radical (unpaired) electrons. The van der Waals surface area contributed by atoms with Gasteiger partial charge in [0, 0.05) is 16.3 Å². The molecule has 3 heterocycles. The van der Waals surface area contributed by atoms with Gasteiger partial charge in [-0.3, -0.25) is 5.10 Å². The zero-order valence-corrected chi connectivity index (χ0v) is 19.6. The van der Waals surface area contributed by atoms with Crippen LogP contribution in [0.25, 0.3) is 22.5 Å². The molecule has 1 aliphatic carbocycles.